The fraction of sp³-hybridized carbons (Fsp3) is 0.633. The first-order chi connectivity index (χ1) is 17.1. The number of carbonyl (C=O) groups excluding carboxylic acids is 2. The third-order valence-corrected chi connectivity index (χ3v) is 6.53. The van der Waals surface area contributed by atoms with Crippen LogP contribution < -0.4 is 5.63 Å². The third kappa shape index (κ3) is 9.44. The van der Waals surface area contributed by atoms with Crippen LogP contribution in [0.5, 0.6) is 0 Å². The van der Waals surface area contributed by atoms with Crippen LogP contribution in [0.15, 0.2) is 27.6 Å². The van der Waals surface area contributed by atoms with Crippen LogP contribution in [0.4, 0.5) is 0 Å². The fourth-order valence-corrected chi connectivity index (χ4v) is 4.56. The summed E-state index contributed by atoms with van der Waals surface area (Å²) in [6, 6.07) is 0. The molecular weight excluding hydrogens is 456 g/mol. The van der Waals surface area contributed by atoms with Gasteiger partial charge in [-0.15, -0.1) is 0 Å². The summed E-state index contributed by atoms with van der Waals surface area (Å²) in [7, 11) is 0. The smallest absolute Gasteiger partial charge is 0.339 e. The Morgan fingerprint density at radius 2 is 1.75 bits per heavy atom. The van der Waals surface area contributed by atoms with Gasteiger partial charge in [0.15, 0.2) is 0 Å². The van der Waals surface area contributed by atoms with E-state index in [2.05, 4.69) is 27.4 Å². The zero-order chi connectivity index (χ0) is 26.7. The largest absolute Gasteiger partial charge is 0.491 e. The first-order valence-corrected chi connectivity index (χ1v) is 13.6. The average Bonchev–Trinajstić information content (AvgIpc) is 2.79. The van der Waals surface area contributed by atoms with Gasteiger partial charge in [0.2, 0.25) is 0 Å². The van der Waals surface area contributed by atoms with Gasteiger partial charge in [-0.3, -0.25) is 9.59 Å². The second-order valence-electron chi connectivity index (χ2n) is 10.4. The Morgan fingerprint density at radius 1 is 1.03 bits per heavy atom. The lowest BCUT2D eigenvalue weighted by molar-refractivity contribution is -0.136. The minimum Gasteiger partial charge on any atom is -0.491 e. The monoisotopic (exact) mass is 500 g/mol. The van der Waals surface area contributed by atoms with Gasteiger partial charge in [-0.05, 0) is 51.0 Å². The predicted molar refractivity (Wildman–Crippen MR) is 143 cm³/mol. The van der Waals surface area contributed by atoms with Gasteiger partial charge in [0.25, 0.3) is 0 Å². The van der Waals surface area contributed by atoms with Crippen molar-refractivity contribution in [2.45, 2.75) is 118 Å². The highest BCUT2D eigenvalue weighted by atomic mass is 16.5. The van der Waals surface area contributed by atoms with Crippen LogP contribution in [0.3, 0.4) is 0 Å². The molecule has 1 heterocycles. The summed E-state index contributed by atoms with van der Waals surface area (Å²) in [6.45, 7) is 14.2. The van der Waals surface area contributed by atoms with Crippen molar-refractivity contribution in [2.24, 2.45) is 5.92 Å². The Bertz CT molecular complexity index is 997. The average molecular weight is 501 g/mol. The van der Waals surface area contributed by atoms with Crippen LogP contribution in [0.25, 0.3) is 5.76 Å². The summed E-state index contributed by atoms with van der Waals surface area (Å²) in [5.74, 6) is 1.16. The molecule has 0 aliphatic heterocycles. The molecule has 1 unspecified atom stereocenters. The molecule has 36 heavy (non-hydrogen) atoms. The number of Topliss-reactive ketones (excluding diaryl/α,β-unsaturated/α-hetero) is 1. The van der Waals surface area contributed by atoms with Gasteiger partial charge >= 0.3 is 11.6 Å². The van der Waals surface area contributed by atoms with Gasteiger partial charge in [0, 0.05) is 30.9 Å². The maximum Gasteiger partial charge on any atom is 0.339 e. The highest BCUT2D eigenvalue weighted by Gasteiger charge is 2.28. The molecule has 1 aromatic heterocycles. The number of ether oxygens (including phenoxy) is 2. The van der Waals surface area contributed by atoms with Gasteiger partial charge in [-0.25, -0.2) is 4.79 Å². The van der Waals surface area contributed by atoms with Gasteiger partial charge < -0.3 is 13.9 Å². The van der Waals surface area contributed by atoms with E-state index >= 15 is 0 Å². The Balaban J connectivity index is 2.29. The van der Waals surface area contributed by atoms with E-state index in [-0.39, 0.29) is 36.5 Å². The quantitative estimate of drug-likeness (QED) is 0.112. The lowest BCUT2D eigenvalue weighted by Crippen LogP contribution is -2.24. The molecule has 1 aliphatic rings. The third-order valence-electron chi connectivity index (χ3n) is 6.53. The van der Waals surface area contributed by atoms with Crippen molar-refractivity contribution in [1.29, 1.82) is 0 Å². The Hall–Kier alpha value is -2.63. The van der Waals surface area contributed by atoms with Crippen LogP contribution in [0.1, 0.15) is 114 Å². The second-order valence-corrected chi connectivity index (χ2v) is 10.4. The first-order valence-electron chi connectivity index (χ1n) is 13.6. The van der Waals surface area contributed by atoms with E-state index in [1.165, 1.54) is 12.8 Å². The van der Waals surface area contributed by atoms with E-state index in [0.717, 1.165) is 38.5 Å². The van der Waals surface area contributed by atoms with Crippen molar-refractivity contribution < 1.29 is 23.5 Å². The van der Waals surface area contributed by atoms with Gasteiger partial charge in [0.1, 0.15) is 23.1 Å². The zero-order valence-corrected chi connectivity index (χ0v) is 22.9. The number of allylic oxidation sites excluding steroid dienone is 1. The number of rotatable bonds is 15. The summed E-state index contributed by atoms with van der Waals surface area (Å²) in [5.41, 5.74) is 1.10. The summed E-state index contributed by atoms with van der Waals surface area (Å²) < 4.78 is 17.3. The molecule has 2 rings (SSSR count). The summed E-state index contributed by atoms with van der Waals surface area (Å²) in [4.78, 5) is 37.6. The molecule has 1 aromatic rings. The Morgan fingerprint density at radius 3 is 2.44 bits per heavy atom. The number of carbonyl (C=O) groups is 2. The summed E-state index contributed by atoms with van der Waals surface area (Å²) >= 11 is 0. The maximum absolute atomic E-state index is 12.8. The molecule has 0 bridgehead atoms. The number of hydrogen-bond acceptors (Lipinski definition) is 6. The summed E-state index contributed by atoms with van der Waals surface area (Å²) in [5, 5.41) is 0. The molecule has 0 spiro atoms. The zero-order valence-electron chi connectivity index (χ0n) is 22.9. The number of ketones is 1. The number of esters is 1. The van der Waals surface area contributed by atoms with Gasteiger partial charge in [-0.1, -0.05) is 59.5 Å². The first kappa shape index (κ1) is 29.6. The van der Waals surface area contributed by atoms with Crippen LogP contribution in [0, 0.1) is 12.8 Å². The van der Waals surface area contributed by atoms with Crippen molar-refractivity contribution in [3.8, 4) is 0 Å². The van der Waals surface area contributed by atoms with Gasteiger partial charge in [0.05, 0.1) is 11.7 Å². The number of hydrogen-bond donors (Lipinski definition) is 0. The number of fused-ring (bicyclic) bond motifs is 1. The van der Waals surface area contributed by atoms with E-state index in [1.54, 1.807) is 13.0 Å². The van der Waals surface area contributed by atoms with Crippen molar-refractivity contribution in [2.75, 3.05) is 0 Å². The molecule has 6 nitrogen and oxygen atoms in total. The highest BCUT2D eigenvalue weighted by molar-refractivity contribution is 5.87. The van der Waals surface area contributed by atoms with Crippen molar-refractivity contribution in [3.63, 3.8) is 0 Å². The molecule has 6 heteroatoms. The normalized spacial score (nSPS) is 14.5. The van der Waals surface area contributed by atoms with E-state index < -0.39 is 5.63 Å². The number of unbranched alkanes of at least 4 members (excludes halogenated alkanes) is 4. The second kappa shape index (κ2) is 14.8. The van der Waals surface area contributed by atoms with Crippen LogP contribution in [-0.4, -0.2) is 17.9 Å². The summed E-state index contributed by atoms with van der Waals surface area (Å²) in [6.07, 6.45) is 10.8. The SMILES string of the molecule is C=C(/C=C(/OC(=O)CCCCC(C)C)c1c(C)oc(=O)c2c1CC(=O)CC2)OC(C)CCCCCC. The molecule has 0 saturated heterocycles. The van der Waals surface area contributed by atoms with Crippen molar-refractivity contribution in [3.05, 3.63) is 51.3 Å². The fourth-order valence-electron chi connectivity index (χ4n) is 4.56. The molecule has 0 N–H and O–H groups in total. The Kier molecular flexibility index (Phi) is 12.2. The molecule has 0 aromatic carbocycles. The van der Waals surface area contributed by atoms with Crippen LogP contribution in [-0.2, 0) is 31.9 Å². The lowest BCUT2D eigenvalue weighted by Gasteiger charge is -2.21. The molecule has 1 atom stereocenters. The highest BCUT2D eigenvalue weighted by Crippen LogP contribution is 2.31. The number of aryl methyl sites for hydroxylation is 1. The van der Waals surface area contributed by atoms with E-state index in [0.29, 0.717) is 47.0 Å². The maximum atomic E-state index is 12.8. The van der Waals surface area contributed by atoms with Crippen LogP contribution in [0.2, 0.25) is 0 Å². The molecule has 1 aliphatic carbocycles. The molecule has 0 fully saturated rings. The minimum atomic E-state index is -0.436. The Labute approximate surface area is 216 Å². The molecule has 0 radical (unpaired) electrons. The minimum absolute atomic E-state index is 0.0381. The topological polar surface area (TPSA) is 82.8 Å². The molecule has 0 saturated carbocycles. The van der Waals surface area contributed by atoms with Gasteiger partial charge in [-0.2, -0.15) is 0 Å². The predicted octanol–water partition coefficient (Wildman–Crippen LogP) is 7.00. The lowest BCUT2D eigenvalue weighted by atomic mass is 9.88. The molecule has 0 amide bonds. The standard InChI is InChI=1S/C30H44O6/c1-7-8-9-10-14-21(4)34-22(5)18-27(36-28(32)15-12-11-13-20(2)3)29-23(6)35-30(33)25-17-16-24(31)19-26(25)29/h18,20-21H,5,7-17,19H2,1-4,6H3/b27-18+. The molecular formula is C30H44O6. The van der Waals surface area contributed by atoms with E-state index in [4.69, 9.17) is 13.9 Å². The van der Waals surface area contributed by atoms with Crippen molar-refractivity contribution in [1.82, 2.24) is 0 Å². The van der Waals surface area contributed by atoms with E-state index in [9.17, 15) is 14.4 Å². The van der Waals surface area contributed by atoms with E-state index in [1.807, 2.05) is 6.92 Å². The van der Waals surface area contributed by atoms with Crippen molar-refractivity contribution >= 4 is 17.5 Å². The van der Waals surface area contributed by atoms with Crippen LogP contribution >= 0.6 is 0 Å². The molecule has 200 valence electrons.